The van der Waals surface area contributed by atoms with Gasteiger partial charge in [0, 0.05) is 0 Å². The summed E-state index contributed by atoms with van der Waals surface area (Å²) in [6, 6.07) is 0. The lowest BCUT2D eigenvalue weighted by Gasteiger charge is -2.27. The molecule has 0 aromatic heterocycles. The fourth-order valence-corrected chi connectivity index (χ4v) is 10.8. The van der Waals surface area contributed by atoms with Crippen LogP contribution >= 0.6 is 0 Å². The Labute approximate surface area is 455 Å². The van der Waals surface area contributed by atoms with Crippen LogP contribution in [-0.4, -0.2) is 48.4 Å². The number of hydrogen-bond donors (Lipinski definition) is 1. The first-order valence-corrected chi connectivity index (χ1v) is 32.9. The summed E-state index contributed by atoms with van der Waals surface area (Å²) >= 11 is 0. The summed E-state index contributed by atoms with van der Waals surface area (Å²) in [5.41, 5.74) is -2.35. The van der Waals surface area contributed by atoms with Gasteiger partial charge in [0.1, 0.15) is 0 Å². The molecule has 7 heteroatoms. The molecule has 0 aromatic rings. The Morgan fingerprint density at radius 2 is 0.466 bits per heavy atom. The van der Waals surface area contributed by atoms with Crippen molar-refractivity contribution >= 4 is 17.9 Å². The SMILES string of the molecule is CCCCCCCCCCC(CCCCCCCC)COC(=O)CC(O)(CC(=O)OCC(CCCCCCCC)CCCCCCCCCC)C(=O)OCC(CCCCCCCC)CCCCCCCCCC. The standard InChI is InChI=1S/C66H128O7/c1-7-13-19-25-31-34-40-46-51-60(49-43-37-28-22-16-10-4)57-71-63(67)55-66(70,65(69)73-59-62(53-45-39-30-24-18-12-6)54-48-42-36-33-27-21-15-9-3)56-64(68)72-58-61(50-44-38-29-23-17-11-5)52-47-41-35-32-26-20-14-8-2/h60-62,70H,7-59H2,1-6H3. The molecule has 73 heavy (non-hydrogen) atoms. The van der Waals surface area contributed by atoms with E-state index < -0.39 is 36.4 Å². The van der Waals surface area contributed by atoms with Crippen LogP contribution in [0.4, 0.5) is 0 Å². The van der Waals surface area contributed by atoms with Crippen molar-refractivity contribution in [2.75, 3.05) is 19.8 Å². The first-order chi connectivity index (χ1) is 35.7. The average Bonchev–Trinajstić information content (AvgIpc) is 3.38. The van der Waals surface area contributed by atoms with Crippen LogP contribution in [0.5, 0.6) is 0 Å². The lowest BCUT2D eigenvalue weighted by molar-refractivity contribution is -0.179. The number of aliphatic hydroxyl groups is 1. The fraction of sp³-hybridized carbons (Fsp3) is 0.955. The number of carbonyl (C=O) groups is 3. The highest BCUT2D eigenvalue weighted by Gasteiger charge is 2.44. The van der Waals surface area contributed by atoms with E-state index in [4.69, 9.17) is 14.2 Å². The van der Waals surface area contributed by atoms with Gasteiger partial charge in [-0.05, 0) is 56.3 Å². The number of unbranched alkanes of at least 4 members (excludes halogenated alkanes) is 36. The molecule has 3 atom stereocenters. The van der Waals surface area contributed by atoms with Crippen LogP contribution in [-0.2, 0) is 28.6 Å². The number of rotatable bonds is 59. The molecule has 0 rings (SSSR count). The maximum atomic E-state index is 14.2. The second kappa shape index (κ2) is 55.1. The van der Waals surface area contributed by atoms with Crippen molar-refractivity contribution in [3.8, 4) is 0 Å². The zero-order valence-corrected chi connectivity index (χ0v) is 50.1. The van der Waals surface area contributed by atoms with Gasteiger partial charge in [0.05, 0.1) is 32.7 Å². The number of esters is 3. The quantitative estimate of drug-likeness (QED) is 0.0368. The van der Waals surface area contributed by atoms with Gasteiger partial charge in [-0.15, -0.1) is 0 Å². The van der Waals surface area contributed by atoms with Crippen molar-refractivity contribution in [2.24, 2.45) is 17.8 Å². The van der Waals surface area contributed by atoms with E-state index in [1.54, 1.807) is 0 Å². The molecule has 1 N–H and O–H groups in total. The molecule has 0 fully saturated rings. The summed E-state index contributed by atoms with van der Waals surface area (Å²) < 4.78 is 18.0. The number of hydrogen-bond acceptors (Lipinski definition) is 7. The maximum Gasteiger partial charge on any atom is 0.339 e. The molecule has 0 saturated carbocycles. The third kappa shape index (κ3) is 47.3. The summed E-state index contributed by atoms with van der Waals surface area (Å²) in [6.45, 7) is 14.3. The Kier molecular flexibility index (Phi) is 53.9. The van der Waals surface area contributed by atoms with E-state index in [1.165, 1.54) is 231 Å². The lowest BCUT2D eigenvalue weighted by atomic mass is 9.93. The van der Waals surface area contributed by atoms with Gasteiger partial charge in [0.15, 0.2) is 5.60 Å². The van der Waals surface area contributed by atoms with Gasteiger partial charge in [-0.25, -0.2) is 4.79 Å². The summed E-state index contributed by atoms with van der Waals surface area (Å²) in [4.78, 5) is 42.0. The molecular weight excluding hydrogens is 905 g/mol. The Balaban J connectivity index is 6.10. The van der Waals surface area contributed by atoms with Crippen molar-refractivity contribution in [1.82, 2.24) is 0 Å². The minimum atomic E-state index is -2.35. The van der Waals surface area contributed by atoms with Gasteiger partial charge in [0.25, 0.3) is 0 Å². The molecule has 434 valence electrons. The topological polar surface area (TPSA) is 99.1 Å². The van der Waals surface area contributed by atoms with E-state index in [0.29, 0.717) is 0 Å². The second-order valence-corrected chi connectivity index (χ2v) is 23.4. The van der Waals surface area contributed by atoms with Crippen LogP contribution in [0.1, 0.15) is 363 Å². The summed E-state index contributed by atoms with van der Waals surface area (Å²) in [5, 5.41) is 12.3. The molecule has 7 nitrogen and oxygen atoms in total. The summed E-state index contributed by atoms with van der Waals surface area (Å²) in [7, 11) is 0. The fourth-order valence-electron chi connectivity index (χ4n) is 10.8. The first kappa shape index (κ1) is 71.4. The monoisotopic (exact) mass is 1030 g/mol. The molecule has 0 saturated heterocycles. The predicted molar refractivity (Wildman–Crippen MR) is 313 cm³/mol. The van der Waals surface area contributed by atoms with Gasteiger partial charge in [-0.2, -0.15) is 0 Å². The third-order valence-electron chi connectivity index (χ3n) is 16.0. The van der Waals surface area contributed by atoms with Crippen molar-refractivity contribution < 1.29 is 33.7 Å². The lowest BCUT2D eigenvalue weighted by Crippen LogP contribution is -2.45. The van der Waals surface area contributed by atoms with Crippen LogP contribution in [0.2, 0.25) is 0 Å². The molecular formula is C66H128O7. The zero-order valence-electron chi connectivity index (χ0n) is 50.1. The van der Waals surface area contributed by atoms with Crippen LogP contribution in [0.3, 0.4) is 0 Å². The van der Waals surface area contributed by atoms with E-state index in [2.05, 4.69) is 41.5 Å². The Morgan fingerprint density at radius 3 is 0.671 bits per heavy atom. The van der Waals surface area contributed by atoms with E-state index in [0.717, 1.165) is 77.0 Å². The second-order valence-electron chi connectivity index (χ2n) is 23.4. The highest BCUT2D eigenvalue weighted by Crippen LogP contribution is 2.27. The summed E-state index contributed by atoms with van der Waals surface area (Å²) in [5.74, 6) is -1.52. The van der Waals surface area contributed by atoms with Gasteiger partial charge in [-0.3, -0.25) is 9.59 Å². The third-order valence-corrected chi connectivity index (χ3v) is 16.0. The molecule has 0 aliphatic carbocycles. The molecule has 0 radical (unpaired) electrons. The Hall–Kier alpha value is -1.63. The number of ether oxygens (including phenoxy) is 3. The minimum absolute atomic E-state index is 0.177. The molecule has 0 bridgehead atoms. The van der Waals surface area contributed by atoms with Gasteiger partial charge >= 0.3 is 17.9 Å². The van der Waals surface area contributed by atoms with E-state index in [1.807, 2.05) is 0 Å². The van der Waals surface area contributed by atoms with Gasteiger partial charge in [-0.1, -0.05) is 311 Å². The van der Waals surface area contributed by atoms with E-state index >= 15 is 0 Å². The first-order valence-electron chi connectivity index (χ1n) is 32.9. The van der Waals surface area contributed by atoms with Gasteiger partial charge < -0.3 is 19.3 Å². The van der Waals surface area contributed by atoms with E-state index in [-0.39, 0.29) is 37.6 Å². The average molecular weight is 1030 g/mol. The van der Waals surface area contributed by atoms with Crippen molar-refractivity contribution in [3.63, 3.8) is 0 Å². The molecule has 0 aliphatic rings. The number of carbonyl (C=O) groups excluding carboxylic acids is 3. The molecule has 0 aliphatic heterocycles. The van der Waals surface area contributed by atoms with Crippen LogP contribution < -0.4 is 0 Å². The van der Waals surface area contributed by atoms with Crippen LogP contribution in [0.25, 0.3) is 0 Å². The van der Waals surface area contributed by atoms with Crippen molar-refractivity contribution in [1.29, 1.82) is 0 Å². The molecule has 0 heterocycles. The Morgan fingerprint density at radius 1 is 0.288 bits per heavy atom. The van der Waals surface area contributed by atoms with Crippen molar-refractivity contribution in [3.05, 3.63) is 0 Å². The molecule has 3 unspecified atom stereocenters. The van der Waals surface area contributed by atoms with E-state index in [9.17, 15) is 19.5 Å². The highest BCUT2D eigenvalue weighted by atomic mass is 16.6. The zero-order chi connectivity index (χ0) is 53.6. The normalized spacial score (nSPS) is 13.7. The minimum Gasteiger partial charge on any atom is -0.465 e. The predicted octanol–water partition coefficient (Wildman–Crippen LogP) is 20.8. The molecule has 0 aromatic carbocycles. The Bertz CT molecular complexity index is 1110. The van der Waals surface area contributed by atoms with Crippen LogP contribution in [0.15, 0.2) is 0 Å². The molecule has 0 amide bonds. The van der Waals surface area contributed by atoms with Crippen LogP contribution in [0, 0.1) is 17.8 Å². The van der Waals surface area contributed by atoms with Crippen molar-refractivity contribution in [2.45, 2.75) is 368 Å². The maximum absolute atomic E-state index is 14.2. The highest BCUT2D eigenvalue weighted by molar-refractivity contribution is 5.90. The smallest absolute Gasteiger partial charge is 0.339 e. The molecule has 0 spiro atoms. The largest absolute Gasteiger partial charge is 0.465 e. The summed E-state index contributed by atoms with van der Waals surface area (Å²) in [6.07, 6.45) is 56.6. The van der Waals surface area contributed by atoms with Gasteiger partial charge in [0.2, 0.25) is 0 Å².